The number of rotatable bonds is 4. The molecular formula is C27H24O4. The third kappa shape index (κ3) is 4.02. The van der Waals surface area contributed by atoms with E-state index in [4.69, 9.17) is 9.47 Å². The monoisotopic (exact) mass is 412 g/mol. The summed E-state index contributed by atoms with van der Waals surface area (Å²) in [6.45, 7) is 7.92. The minimum Gasteiger partial charge on any atom is -0.452 e. The molecule has 0 N–H and O–H groups in total. The van der Waals surface area contributed by atoms with Crippen LogP contribution in [0.1, 0.15) is 62.7 Å². The number of allylic oxidation sites excluding steroid dienone is 1. The van der Waals surface area contributed by atoms with E-state index < -0.39 is 5.97 Å². The summed E-state index contributed by atoms with van der Waals surface area (Å²) in [6.07, 6.45) is 1.74. The molecule has 0 radical (unpaired) electrons. The Balaban J connectivity index is 1.59. The molecule has 1 aliphatic heterocycles. The Morgan fingerprint density at radius 1 is 0.968 bits per heavy atom. The van der Waals surface area contributed by atoms with Gasteiger partial charge in [-0.15, -0.1) is 0 Å². The van der Waals surface area contributed by atoms with Crippen LogP contribution in [0.25, 0.3) is 6.08 Å². The van der Waals surface area contributed by atoms with Gasteiger partial charge < -0.3 is 9.47 Å². The van der Waals surface area contributed by atoms with Crippen molar-refractivity contribution < 1.29 is 19.1 Å². The third-order valence-electron chi connectivity index (χ3n) is 5.51. The summed E-state index contributed by atoms with van der Waals surface area (Å²) in [7, 11) is 0. The first-order valence-corrected chi connectivity index (χ1v) is 10.3. The zero-order valence-corrected chi connectivity index (χ0v) is 18.1. The first-order valence-electron chi connectivity index (χ1n) is 10.3. The van der Waals surface area contributed by atoms with Gasteiger partial charge in [0.15, 0.2) is 5.76 Å². The topological polar surface area (TPSA) is 52.6 Å². The maximum Gasteiger partial charge on any atom is 0.343 e. The van der Waals surface area contributed by atoms with Crippen LogP contribution in [0.3, 0.4) is 0 Å². The zero-order chi connectivity index (χ0) is 22.1. The van der Waals surface area contributed by atoms with Crippen LogP contribution in [-0.4, -0.2) is 11.8 Å². The fourth-order valence-electron chi connectivity index (χ4n) is 3.56. The molecule has 0 saturated carbocycles. The van der Waals surface area contributed by atoms with Gasteiger partial charge in [-0.05, 0) is 60.7 Å². The van der Waals surface area contributed by atoms with E-state index in [0.717, 1.165) is 11.1 Å². The molecule has 31 heavy (non-hydrogen) atoms. The van der Waals surface area contributed by atoms with Gasteiger partial charge >= 0.3 is 5.97 Å². The van der Waals surface area contributed by atoms with Crippen molar-refractivity contribution >= 4 is 17.8 Å². The first kappa shape index (κ1) is 20.6. The second-order valence-corrected chi connectivity index (χ2v) is 8.03. The van der Waals surface area contributed by atoms with Gasteiger partial charge in [0.25, 0.3) is 0 Å². The van der Waals surface area contributed by atoms with Crippen molar-refractivity contribution in [3.63, 3.8) is 0 Å². The highest BCUT2D eigenvalue weighted by Crippen LogP contribution is 2.39. The van der Waals surface area contributed by atoms with Gasteiger partial charge in [-0.1, -0.05) is 56.3 Å². The summed E-state index contributed by atoms with van der Waals surface area (Å²) in [5.74, 6) is 0.901. The van der Waals surface area contributed by atoms with Gasteiger partial charge in [-0.25, -0.2) is 4.79 Å². The number of hydrogen-bond donors (Lipinski definition) is 0. The number of benzene rings is 3. The average molecular weight is 412 g/mol. The minimum absolute atomic E-state index is 0.178. The molecule has 0 atom stereocenters. The number of ketones is 1. The SMILES string of the molecule is Cc1ccccc1C(=O)Oc1ccc2c(c1C)O/C(=C\c1ccc(C(C)C)cc1)C2=O. The quantitative estimate of drug-likeness (QED) is 0.288. The van der Waals surface area contributed by atoms with E-state index in [1.54, 1.807) is 37.3 Å². The van der Waals surface area contributed by atoms with E-state index >= 15 is 0 Å². The van der Waals surface area contributed by atoms with E-state index in [1.807, 2.05) is 31.2 Å². The number of Topliss-reactive ketones (excluding diaryl/α,β-unsaturated/α-hetero) is 1. The van der Waals surface area contributed by atoms with Crippen LogP contribution >= 0.6 is 0 Å². The molecule has 0 aliphatic carbocycles. The number of hydrogen-bond acceptors (Lipinski definition) is 4. The van der Waals surface area contributed by atoms with E-state index in [9.17, 15) is 9.59 Å². The van der Waals surface area contributed by atoms with Crippen LogP contribution in [0, 0.1) is 13.8 Å². The summed E-state index contributed by atoms with van der Waals surface area (Å²) in [5, 5.41) is 0. The van der Waals surface area contributed by atoms with Gasteiger partial charge in [0.2, 0.25) is 5.78 Å². The van der Waals surface area contributed by atoms with E-state index in [-0.39, 0.29) is 11.5 Å². The lowest BCUT2D eigenvalue weighted by Crippen LogP contribution is -2.11. The Morgan fingerprint density at radius 3 is 2.35 bits per heavy atom. The molecule has 156 valence electrons. The number of carbonyl (C=O) groups excluding carboxylic acids is 2. The molecule has 3 aromatic rings. The van der Waals surface area contributed by atoms with Crippen molar-refractivity contribution in [2.45, 2.75) is 33.6 Å². The van der Waals surface area contributed by atoms with Gasteiger partial charge in [0.1, 0.15) is 11.5 Å². The van der Waals surface area contributed by atoms with E-state index in [0.29, 0.717) is 34.1 Å². The lowest BCUT2D eigenvalue weighted by atomic mass is 10.0. The van der Waals surface area contributed by atoms with Crippen LogP contribution in [0.4, 0.5) is 0 Å². The molecule has 0 fully saturated rings. The molecule has 4 rings (SSSR count). The normalized spacial score (nSPS) is 14.0. The van der Waals surface area contributed by atoms with Gasteiger partial charge in [0.05, 0.1) is 11.1 Å². The Kier molecular flexibility index (Phi) is 5.47. The third-order valence-corrected chi connectivity index (χ3v) is 5.51. The molecular weight excluding hydrogens is 388 g/mol. The Hall–Kier alpha value is -3.66. The zero-order valence-electron chi connectivity index (χ0n) is 18.1. The molecule has 0 saturated heterocycles. The number of ether oxygens (including phenoxy) is 2. The molecule has 0 unspecified atom stereocenters. The van der Waals surface area contributed by atoms with Crippen LogP contribution in [0.2, 0.25) is 0 Å². The summed E-state index contributed by atoms with van der Waals surface area (Å²) in [4.78, 5) is 25.4. The molecule has 4 nitrogen and oxygen atoms in total. The lowest BCUT2D eigenvalue weighted by Gasteiger charge is -2.11. The molecule has 0 bridgehead atoms. The predicted molar refractivity (Wildman–Crippen MR) is 121 cm³/mol. The highest BCUT2D eigenvalue weighted by molar-refractivity contribution is 6.15. The summed E-state index contributed by atoms with van der Waals surface area (Å²) in [5.41, 5.74) is 4.56. The van der Waals surface area contributed by atoms with Crippen LogP contribution < -0.4 is 9.47 Å². The highest BCUT2D eigenvalue weighted by Gasteiger charge is 2.30. The molecule has 1 heterocycles. The second kappa shape index (κ2) is 8.23. The van der Waals surface area contributed by atoms with E-state index in [2.05, 4.69) is 26.0 Å². The maximum atomic E-state index is 12.8. The highest BCUT2D eigenvalue weighted by atomic mass is 16.5. The summed E-state index contributed by atoms with van der Waals surface area (Å²) < 4.78 is 11.5. The van der Waals surface area contributed by atoms with E-state index in [1.165, 1.54) is 5.56 Å². The number of esters is 1. The molecule has 0 aromatic heterocycles. The molecule has 1 aliphatic rings. The molecule has 0 amide bonds. The standard InChI is InChI=1S/C27H24O4/c1-16(2)20-11-9-19(10-12-20)15-24-25(28)22-13-14-23(18(4)26(22)30-24)31-27(29)21-8-6-5-7-17(21)3/h5-16H,1-4H3/b24-15-. The largest absolute Gasteiger partial charge is 0.452 e. The van der Waals surface area contributed by atoms with Crippen LogP contribution in [0.5, 0.6) is 11.5 Å². The number of carbonyl (C=O) groups is 2. The number of aryl methyl sites for hydroxylation is 1. The first-order chi connectivity index (χ1) is 14.8. The van der Waals surface area contributed by atoms with Crippen LogP contribution in [0.15, 0.2) is 66.4 Å². The summed E-state index contributed by atoms with van der Waals surface area (Å²) >= 11 is 0. The Morgan fingerprint density at radius 2 is 1.68 bits per heavy atom. The fourth-order valence-corrected chi connectivity index (χ4v) is 3.56. The Labute approximate surface area is 182 Å². The number of fused-ring (bicyclic) bond motifs is 1. The van der Waals surface area contributed by atoms with Crippen molar-refractivity contribution in [1.29, 1.82) is 0 Å². The minimum atomic E-state index is -0.438. The second-order valence-electron chi connectivity index (χ2n) is 8.03. The molecule has 4 heteroatoms. The maximum absolute atomic E-state index is 12.8. The molecule has 3 aromatic carbocycles. The molecule has 0 spiro atoms. The fraction of sp³-hybridized carbons (Fsp3) is 0.185. The van der Waals surface area contributed by atoms with Crippen LogP contribution in [-0.2, 0) is 0 Å². The van der Waals surface area contributed by atoms with Crippen molar-refractivity contribution in [2.24, 2.45) is 0 Å². The average Bonchev–Trinajstić information content (AvgIpc) is 3.07. The lowest BCUT2D eigenvalue weighted by molar-refractivity contribution is 0.0732. The smallest absolute Gasteiger partial charge is 0.343 e. The van der Waals surface area contributed by atoms with Gasteiger partial charge in [-0.3, -0.25) is 4.79 Å². The van der Waals surface area contributed by atoms with Crippen molar-refractivity contribution in [3.8, 4) is 11.5 Å². The van der Waals surface area contributed by atoms with Gasteiger partial charge in [-0.2, -0.15) is 0 Å². The van der Waals surface area contributed by atoms with Crippen molar-refractivity contribution in [3.05, 3.63) is 99.8 Å². The van der Waals surface area contributed by atoms with Crippen molar-refractivity contribution in [1.82, 2.24) is 0 Å². The predicted octanol–water partition coefficient (Wildman–Crippen LogP) is 6.26. The Bertz CT molecular complexity index is 1200. The van der Waals surface area contributed by atoms with Crippen molar-refractivity contribution in [2.75, 3.05) is 0 Å². The summed E-state index contributed by atoms with van der Waals surface area (Å²) in [6, 6.07) is 18.6. The van der Waals surface area contributed by atoms with Gasteiger partial charge in [0, 0.05) is 5.56 Å².